The number of benzene rings is 1. The van der Waals surface area contributed by atoms with Gasteiger partial charge in [0.25, 0.3) is 5.91 Å². The van der Waals surface area contributed by atoms with E-state index in [9.17, 15) is 19.2 Å². The van der Waals surface area contributed by atoms with E-state index in [1.165, 1.54) is 36.8 Å². The molecule has 0 atom stereocenters. The lowest BCUT2D eigenvalue weighted by molar-refractivity contribution is -0.123. The van der Waals surface area contributed by atoms with Gasteiger partial charge in [-0.2, -0.15) is 0 Å². The Morgan fingerprint density at radius 3 is 2.67 bits per heavy atom. The molecule has 0 spiro atoms. The molecule has 0 radical (unpaired) electrons. The first kappa shape index (κ1) is 19.2. The number of methoxy groups -OCH3 is 1. The van der Waals surface area contributed by atoms with Crippen LogP contribution in [0.15, 0.2) is 52.7 Å². The van der Waals surface area contributed by atoms with E-state index in [0.717, 1.165) is 10.3 Å². The Labute approximate surface area is 170 Å². The van der Waals surface area contributed by atoms with Crippen molar-refractivity contribution in [3.63, 3.8) is 0 Å². The van der Waals surface area contributed by atoms with Crippen molar-refractivity contribution in [3.05, 3.63) is 65.4 Å². The van der Waals surface area contributed by atoms with Gasteiger partial charge >= 0.3 is 12.0 Å². The fourth-order valence-corrected chi connectivity index (χ4v) is 3.28. The third-order valence-corrected chi connectivity index (χ3v) is 4.71. The van der Waals surface area contributed by atoms with Gasteiger partial charge in [-0.05, 0) is 24.3 Å². The van der Waals surface area contributed by atoms with E-state index in [0.29, 0.717) is 11.1 Å². The van der Waals surface area contributed by atoms with Gasteiger partial charge < -0.3 is 14.5 Å². The number of furan rings is 1. The second-order valence-electron chi connectivity index (χ2n) is 6.63. The predicted molar refractivity (Wildman–Crippen MR) is 105 cm³/mol. The van der Waals surface area contributed by atoms with Crippen molar-refractivity contribution in [1.29, 1.82) is 0 Å². The normalized spacial score (nSPS) is 15.1. The number of esters is 1. The maximum Gasteiger partial charge on any atom is 0.373 e. The van der Waals surface area contributed by atoms with Crippen LogP contribution in [-0.4, -0.2) is 40.4 Å². The van der Waals surface area contributed by atoms with Crippen LogP contribution in [0.4, 0.5) is 4.79 Å². The van der Waals surface area contributed by atoms with Gasteiger partial charge in [0.05, 0.1) is 19.2 Å². The first-order chi connectivity index (χ1) is 14.4. The standard InChI is InChI=1S/C21H17N3O6/c1-12(25)23-10-13(15-5-3-4-6-17(15)23)9-16-19(26)24(21(28)22-16)11-14-7-8-18(30-14)20(27)29-2/h3-10H,11H2,1-2H3,(H,22,28). The number of fused-ring (bicyclic) bond motifs is 1. The van der Waals surface area contributed by atoms with Crippen LogP contribution in [0.1, 0.15) is 33.6 Å². The summed E-state index contributed by atoms with van der Waals surface area (Å²) in [6, 6.07) is 9.56. The summed E-state index contributed by atoms with van der Waals surface area (Å²) in [6.07, 6.45) is 3.15. The Bertz CT molecular complexity index is 1230. The molecule has 1 aromatic carbocycles. The molecule has 9 nitrogen and oxygen atoms in total. The van der Waals surface area contributed by atoms with E-state index in [1.54, 1.807) is 12.3 Å². The van der Waals surface area contributed by atoms with E-state index < -0.39 is 17.9 Å². The van der Waals surface area contributed by atoms with Crippen LogP contribution in [0.3, 0.4) is 0 Å². The molecule has 3 amide bonds. The van der Waals surface area contributed by atoms with Crippen molar-refractivity contribution in [1.82, 2.24) is 14.8 Å². The highest BCUT2D eigenvalue weighted by molar-refractivity contribution is 6.14. The summed E-state index contributed by atoms with van der Waals surface area (Å²) in [4.78, 5) is 49.5. The number of imide groups is 1. The van der Waals surface area contributed by atoms with Gasteiger partial charge in [-0.15, -0.1) is 0 Å². The van der Waals surface area contributed by atoms with Crippen LogP contribution < -0.4 is 5.32 Å². The van der Waals surface area contributed by atoms with E-state index in [1.807, 2.05) is 18.2 Å². The molecule has 2 aromatic heterocycles. The molecule has 3 aromatic rings. The monoisotopic (exact) mass is 407 g/mol. The molecule has 1 aliphatic rings. The zero-order chi connectivity index (χ0) is 21.4. The lowest BCUT2D eigenvalue weighted by Gasteiger charge is -2.09. The molecule has 0 bridgehead atoms. The largest absolute Gasteiger partial charge is 0.463 e. The number of hydrogen-bond donors (Lipinski definition) is 1. The van der Waals surface area contributed by atoms with Gasteiger partial charge in [-0.3, -0.25) is 19.1 Å². The minimum atomic E-state index is -0.652. The van der Waals surface area contributed by atoms with Gasteiger partial charge in [-0.25, -0.2) is 9.59 Å². The van der Waals surface area contributed by atoms with Crippen molar-refractivity contribution in [2.45, 2.75) is 13.5 Å². The lowest BCUT2D eigenvalue weighted by Crippen LogP contribution is -2.30. The number of aromatic nitrogens is 1. The van der Waals surface area contributed by atoms with Crippen molar-refractivity contribution >= 4 is 40.8 Å². The second kappa shape index (κ2) is 7.36. The average molecular weight is 407 g/mol. The second-order valence-corrected chi connectivity index (χ2v) is 6.63. The Hall–Kier alpha value is -4.14. The first-order valence-electron chi connectivity index (χ1n) is 9.01. The highest BCUT2D eigenvalue weighted by atomic mass is 16.5. The number of amides is 3. The molecule has 0 saturated carbocycles. The summed E-state index contributed by atoms with van der Waals surface area (Å²) in [7, 11) is 1.22. The molecule has 4 rings (SSSR count). The summed E-state index contributed by atoms with van der Waals surface area (Å²) in [5.74, 6) is -1.13. The van der Waals surface area contributed by atoms with Gasteiger partial charge in [-0.1, -0.05) is 18.2 Å². The van der Waals surface area contributed by atoms with Gasteiger partial charge in [0.15, 0.2) is 0 Å². The molecule has 30 heavy (non-hydrogen) atoms. The molecule has 152 valence electrons. The Morgan fingerprint density at radius 1 is 1.17 bits per heavy atom. The third kappa shape index (κ3) is 3.26. The number of ether oxygens (including phenoxy) is 1. The molecule has 1 N–H and O–H groups in total. The summed E-state index contributed by atoms with van der Waals surface area (Å²) < 4.78 is 11.4. The highest BCUT2D eigenvalue weighted by Gasteiger charge is 2.34. The molecule has 3 heterocycles. The average Bonchev–Trinajstić information content (AvgIpc) is 3.41. The number of carbonyl (C=O) groups excluding carboxylic acids is 4. The Balaban J connectivity index is 1.62. The number of urea groups is 1. The van der Waals surface area contributed by atoms with Crippen LogP contribution in [0.2, 0.25) is 0 Å². The number of nitrogens with zero attached hydrogens (tertiary/aromatic N) is 2. The summed E-state index contributed by atoms with van der Waals surface area (Å²) in [6.45, 7) is 1.30. The Kier molecular flexibility index (Phi) is 4.71. The van der Waals surface area contributed by atoms with E-state index >= 15 is 0 Å². The SMILES string of the molecule is COC(=O)c1ccc(CN2C(=O)NC(=Cc3cn(C(C)=O)c4ccccc34)C2=O)o1. The number of rotatable bonds is 4. The molecular formula is C21H17N3O6. The van der Waals surface area contributed by atoms with Crippen LogP contribution in [0, 0.1) is 0 Å². The third-order valence-electron chi connectivity index (χ3n) is 4.71. The molecule has 1 fully saturated rings. The summed E-state index contributed by atoms with van der Waals surface area (Å²) in [5, 5.41) is 3.31. The minimum Gasteiger partial charge on any atom is -0.463 e. The number of para-hydroxylation sites is 1. The maximum absolute atomic E-state index is 12.8. The number of nitrogens with one attached hydrogen (secondary N) is 1. The quantitative estimate of drug-likeness (QED) is 0.404. The molecule has 0 aliphatic carbocycles. The van der Waals surface area contributed by atoms with Crippen LogP contribution >= 0.6 is 0 Å². The van der Waals surface area contributed by atoms with Crippen molar-refractivity contribution in [2.75, 3.05) is 7.11 Å². The zero-order valence-corrected chi connectivity index (χ0v) is 16.2. The number of carbonyl (C=O) groups is 4. The summed E-state index contributed by atoms with van der Waals surface area (Å²) in [5.41, 5.74) is 1.40. The molecular weight excluding hydrogens is 390 g/mol. The van der Waals surface area contributed by atoms with E-state index in [2.05, 4.69) is 10.1 Å². The number of hydrogen-bond acceptors (Lipinski definition) is 6. The Morgan fingerprint density at radius 2 is 1.93 bits per heavy atom. The van der Waals surface area contributed by atoms with E-state index in [4.69, 9.17) is 4.42 Å². The van der Waals surface area contributed by atoms with Crippen LogP contribution in [0.5, 0.6) is 0 Å². The summed E-state index contributed by atoms with van der Waals surface area (Å²) >= 11 is 0. The zero-order valence-electron chi connectivity index (χ0n) is 16.2. The molecule has 1 saturated heterocycles. The van der Waals surface area contributed by atoms with Gasteiger partial charge in [0.2, 0.25) is 11.7 Å². The molecule has 9 heteroatoms. The fraction of sp³-hybridized carbons (Fsp3) is 0.143. The highest BCUT2D eigenvalue weighted by Crippen LogP contribution is 2.25. The van der Waals surface area contributed by atoms with Crippen molar-refractivity contribution in [3.8, 4) is 0 Å². The molecule has 0 unspecified atom stereocenters. The predicted octanol–water partition coefficient (Wildman–Crippen LogP) is 2.77. The van der Waals surface area contributed by atoms with E-state index in [-0.39, 0.29) is 29.7 Å². The minimum absolute atomic E-state index is 0.0210. The van der Waals surface area contributed by atoms with Gasteiger partial charge in [0, 0.05) is 24.1 Å². The smallest absolute Gasteiger partial charge is 0.373 e. The topological polar surface area (TPSA) is 111 Å². The van der Waals surface area contributed by atoms with Gasteiger partial charge in [0.1, 0.15) is 11.5 Å². The molecule has 1 aliphatic heterocycles. The van der Waals surface area contributed by atoms with Crippen LogP contribution in [-0.2, 0) is 16.1 Å². The van der Waals surface area contributed by atoms with Crippen molar-refractivity contribution in [2.24, 2.45) is 0 Å². The fourth-order valence-electron chi connectivity index (χ4n) is 3.28. The lowest BCUT2D eigenvalue weighted by atomic mass is 10.1. The van der Waals surface area contributed by atoms with Crippen LogP contribution in [0.25, 0.3) is 17.0 Å². The van der Waals surface area contributed by atoms with Crippen molar-refractivity contribution < 1.29 is 28.3 Å². The maximum atomic E-state index is 12.8. The first-order valence-corrected chi connectivity index (χ1v) is 9.01.